The topological polar surface area (TPSA) is 86.7 Å². The van der Waals surface area contributed by atoms with Crippen LogP contribution in [-0.4, -0.2) is 25.7 Å². The number of hydrogen-bond acceptors (Lipinski definition) is 4. The van der Waals surface area contributed by atoms with E-state index in [1.54, 1.807) is 18.3 Å². The molecule has 0 aliphatic carbocycles. The second-order valence-electron chi connectivity index (χ2n) is 2.56. The van der Waals surface area contributed by atoms with Crippen LogP contribution in [0.5, 0.6) is 0 Å². The Hall–Kier alpha value is -2.24. The summed E-state index contributed by atoms with van der Waals surface area (Å²) in [6, 6.07) is 5.35. The molecule has 70 valence electrons. The normalized spacial score (nSPS) is 10.0. The Morgan fingerprint density at radius 1 is 1.36 bits per heavy atom. The lowest BCUT2D eigenvalue weighted by molar-refractivity contribution is 0.0990. The van der Waals surface area contributed by atoms with E-state index in [1.807, 2.05) is 6.07 Å². The van der Waals surface area contributed by atoms with Gasteiger partial charge in [-0.2, -0.15) is 0 Å². The molecule has 0 aromatic carbocycles. The van der Waals surface area contributed by atoms with E-state index in [4.69, 9.17) is 5.73 Å². The zero-order valence-corrected chi connectivity index (χ0v) is 7.16. The average Bonchev–Trinajstić information content (AvgIpc) is 2.68. The van der Waals surface area contributed by atoms with Crippen LogP contribution < -0.4 is 5.73 Å². The fraction of sp³-hybridized carbons (Fsp3) is 0. The average molecular weight is 189 g/mol. The van der Waals surface area contributed by atoms with Crippen molar-refractivity contribution in [2.45, 2.75) is 0 Å². The van der Waals surface area contributed by atoms with Crippen molar-refractivity contribution in [3.8, 4) is 5.82 Å². The van der Waals surface area contributed by atoms with Crippen LogP contribution in [0.2, 0.25) is 0 Å². The van der Waals surface area contributed by atoms with Crippen molar-refractivity contribution in [1.29, 1.82) is 0 Å². The van der Waals surface area contributed by atoms with Crippen LogP contribution in [0, 0.1) is 0 Å². The first-order valence-corrected chi connectivity index (χ1v) is 3.90. The third-order valence-electron chi connectivity index (χ3n) is 1.60. The lowest BCUT2D eigenvalue weighted by atomic mass is 10.5. The molecule has 0 bridgehead atoms. The van der Waals surface area contributed by atoms with Gasteiger partial charge in [-0.25, -0.2) is 14.6 Å². The summed E-state index contributed by atoms with van der Waals surface area (Å²) < 4.78 is 1.39. The van der Waals surface area contributed by atoms with Gasteiger partial charge in [-0.3, -0.25) is 4.79 Å². The van der Waals surface area contributed by atoms with Crippen LogP contribution in [0.4, 0.5) is 0 Å². The number of amides is 1. The molecule has 0 atom stereocenters. The molecule has 0 aliphatic rings. The lowest BCUT2D eigenvalue weighted by Gasteiger charge is -1.95. The Labute approximate surface area is 79.4 Å². The molecule has 2 N–H and O–H groups in total. The molecule has 0 aliphatic heterocycles. The van der Waals surface area contributed by atoms with E-state index in [9.17, 15) is 4.79 Å². The lowest BCUT2D eigenvalue weighted by Crippen LogP contribution is -2.13. The monoisotopic (exact) mass is 189 g/mol. The molecule has 0 unspecified atom stereocenters. The molecule has 2 rings (SSSR count). The fourth-order valence-corrected chi connectivity index (χ4v) is 0.976. The standard InChI is InChI=1S/C8H7N5O/c9-7(14)8-11-5-13(12-8)6-3-1-2-4-10-6/h1-5H,(H2,9,14). The van der Waals surface area contributed by atoms with Gasteiger partial charge in [0.05, 0.1) is 0 Å². The van der Waals surface area contributed by atoms with Gasteiger partial charge >= 0.3 is 0 Å². The number of nitrogens with zero attached hydrogens (tertiary/aromatic N) is 4. The molecule has 0 saturated carbocycles. The highest BCUT2D eigenvalue weighted by Crippen LogP contribution is 2.00. The van der Waals surface area contributed by atoms with Crippen molar-refractivity contribution in [1.82, 2.24) is 19.7 Å². The number of pyridine rings is 1. The van der Waals surface area contributed by atoms with Crippen molar-refractivity contribution >= 4 is 5.91 Å². The minimum Gasteiger partial charge on any atom is -0.363 e. The summed E-state index contributed by atoms with van der Waals surface area (Å²) in [4.78, 5) is 18.5. The number of nitrogens with two attached hydrogens (primary N) is 1. The molecule has 6 nitrogen and oxygen atoms in total. The Balaban J connectivity index is 2.39. The predicted molar refractivity (Wildman–Crippen MR) is 47.7 cm³/mol. The number of carbonyl (C=O) groups excluding carboxylic acids is 1. The maximum absolute atomic E-state index is 10.7. The number of hydrogen-bond donors (Lipinski definition) is 1. The highest BCUT2D eigenvalue weighted by Gasteiger charge is 2.07. The van der Waals surface area contributed by atoms with Gasteiger partial charge in [0, 0.05) is 6.20 Å². The summed E-state index contributed by atoms with van der Waals surface area (Å²) >= 11 is 0. The third-order valence-corrected chi connectivity index (χ3v) is 1.60. The number of carbonyl (C=O) groups is 1. The predicted octanol–water partition coefficient (Wildman–Crippen LogP) is -0.239. The van der Waals surface area contributed by atoms with Gasteiger partial charge in [0.1, 0.15) is 6.33 Å². The highest BCUT2D eigenvalue weighted by atomic mass is 16.1. The molecule has 2 aromatic heterocycles. The number of primary amides is 1. The summed E-state index contributed by atoms with van der Waals surface area (Å²) in [5.74, 6) is -0.0807. The summed E-state index contributed by atoms with van der Waals surface area (Å²) in [6.45, 7) is 0. The summed E-state index contributed by atoms with van der Waals surface area (Å²) in [7, 11) is 0. The van der Waals surface area contributed by atoms with E-state index in [1.165, 1.54) is 11.0 Å². The van der Waals surface area contributed by atoms with Crippen molar-refractivity contribution in [2.75, 3.05) is 0 Å². The summed E-state index contributed by atoms with van der Waals surface area (Å²) in [6.07, 6.45) is 3.02. The first kappa shape index (κ1) is 8.36. The smallest absolute Gasteiger partial charge is 0.288 e. The highest BCUT2D eigenvalue weighted by molar-refractivity contribution is 5.88. The molecule has 0 radical (unpaired) electrons. The molecular weight excluding hydrogens is 182 g/mol. The molecular formula is C8H7N5O. The number of aromatic nitrogens is 4. The summed E-state index contributed by atoms with van der Waals surface area (Å²) in [5, 5.41) is 3.85. The van der Waals surface area contributed by atoms with E-state index in [0.29, 0.717) is 5.82 Å². The molecule has 6 heteroatoms. The third kappa shape index (κ3) is 1.45. The molecule has 2 aromatic rings. The Morgan fingerprint density at radius 2 is 2.21 bits per heavy atom. The van der Waals surface area contributed by atoms with E-state index in [2.05, 4.69) is 15.1 Å². The first-order chi connectivity index (χ1) is 6.77. The zero-order valence-electron chi connectivity index (χ0n) is 7.16. The summed E-state index contributed by atoms with van der Waals surface area (Å²) in [5.41, 5.74) is 5.01. The van der Waals surface area contributed by atoms with Crippen molar-refractivity contribution in [3.63, 3.8) is 0 Å². The molecule has 0 saturated heterocycles. The number of rotatable bonds is 2. The molecule has 0 spiro atoms. The molecule has 14 heavy (non-hydrogen) atoms. The second kappa shape index (κ2) is 3.25. The fourth-order valence-electron chi connectivity index (χ4n) is 0.976. The van der Waals surface area contributed by atoms with Crippen LogP contribution in [0.15, 0.2) is 30.7 Å². The first-order valence-electron chi connectivity index (χ1n) is 3.90. The van der Waals surface area contributed by atoms with Crippen molar-refractivity contribution < 1.29 is 4.79 Å². The maximum atomic E-state index is 10.7. The van der Waals surface area contributed by atoms with Gasteiger partial charge in [0.2, 0.25) is 5.82 Å². The van der Waals surface area contributed by atoms with Gasteiger partial charge < -0.3 is 5.73 Å². The maximum Gasteiger partial charge on any atom is 0.288 e. The van der Waals surface area contributed by atoms with Gasteiger partial charge in [0.15, 0.2) is 5.82 Å². The Morgan fingerprint density at radius 3 is 2.79 bits per heavy atom. The minimum atomic E-state index is -0.653. The Bertz CT molecular complexity index is 450. The molecule has 2 heterocycles. The van der Waals surface area contributed by atoms with Gasteiger partial charge in [-0.15, -0.1) is 5.10 Å². The van der Waals surface area contributed by atoms with E-state index in [-0.39, 0.29) is 5.82 Å². The van der Waals surface area contributed by atoms with E-state index < -0.39 is 5.91 Å². The van der Waals surface area contributed by atoms with Crippen molar-refractivity contribution in [2.24, 2.45) is 5.73 Å². The zero-order chi connectivity index (χ0) is 9.97. The SMILES string of the molecule is NC(=O)c1ncn(-c2ccccn2)n1. The van der Waals surface area contributed by atoms with Crippen LogP contribution in [0.1, 0.15) is 10.6 Å². The molecule has 0 fully saturated rings. The van der Waals surface area contributed by atoms with Gasteiger partial charge in [-0.05, 0) is 12.1 Å². The van der Waals surface area contributed by atoms with Crippen LogP contribution in [0.3, 0.4) is 0 Å². The van der Waals surface area contributed by atoms with Crippen LogP contribution in [0.25, 0.3) is 5.82 Å². The second-order valence-corrected chi connectivity index (χ2v) is 2.56. The van der Waals surface area contributed by atoms with Crippen molar-refractivity contribution in [3.05, 3.63) is 36.5 Å². The van der Waals surface area contributed by atoms with Crippen LogP contribution in [-0.2, 0) is 0 Å². The Kier molecular flexibility index (Phi) is 1.94. The van der Waals surface area contributed by atoms with E-state index >= 15 is 0 Å². The van der Waals surface area contributed by atoms with Gasteiger partial charge in [-0.1, -0.05) is 6.07 Å². The molecule has 1 amide bonds. The largest absolute Gasteiger partial charge is 0.363 e. The minimum absolute atomic E-state index is 0.0179. The van der Waals surface area contributed by atoms with Crippen LogP contribution >= 0.6 is 0 Å². The quantitative estimate of drug-likeness (QED) is 0.706. The van der Waals surface area contributed by atoms with E-state index in [0.717, 1.165) is 0 Å². The van der Waals surface area contributed by atoms with Gasteiger partial charge in [0.25, 0.3) is 5.91 Å².